The first kappa shape index (κ1) is 7.54. The average molecular weight is 176 g/mol. The summed E-state index contributed by atoms with van der Waals surface area (Å²) >= 11 is 0. The van der Waals surface area contributed by atoms with Crippen LogP contribution in [0.4, 0.5) is 0 Å². The van der Waals surface area contributed by atoms with Gasteiger partial charge in [0.15, 0.2) is 0 Å². The second kappa shape index (κ2) is 2.82. The smallest absolute Gasteiger partial charge is 0.108 e. The zero-order chi connectivity index (χ0) is 8.67. The van der Waals surface area contributed by atoms with Crippen LogP contribution in [-0.2, 0) is 9.47 Å². The third-order valence-electron chi connectivity index (χ3n) is 2.77. The number of rotatable bonds is 1. The minimum Gasteiger partial charge on any atom is -0.371 e. The van der Waals surface area contributed by atoms with Gasteiger partial charge in [0, 0.05) is 6.42 Å². The van der Waals surface area contributed by atoms with Crippen molar-refractivity contribution in [1.82, 2.24) is 0 Å². The van der Waals surface area contributed by atoms with Gasteiger partial charge < -0.3 is 9.47 Å². The molecule has 3 rings (SSSR count). The van der Waals surface area contributed by atoms with E-state index in [4.69, 9.17) is 9.47 Å². The van der Waals surface area contributed by atoms with Crippen LogP contribution in [-0.4, -0.2) is 18.8 Å². The molecule has 2 saturated heterocycles. The van der Waals surface area contributed by atoms with Gasteiger partial charge >= 0.3 is 0 Å². The normalized spacial score (nSPS) is 36.8. The first-order chi connectivity index (χ1) is 6.43. The summed E-state index contributed by atoms with van der Waals surface area (Å²) in [4.78, 5) is 0. The van der Waals surface area contributed by atoms with Crippen LogP contribution in [0.25, 0.3) is 0 Å². The highest BCUT2D eigenvalue weighted by Crippen LogP contribution is 2.38. The minimum atomic E-state index is 0.255. The number of hydrogen-bond acceptors (Lipinski definition) is 2. The van der Waals surface area contributed by atoms with Gasteiger partial charge in [-0.1, -0.05) is 30.3 Å². The van der Waals surface area contributed by atoms with E-state index in [1.807, 2.05) is 6.07 Å². The maximum Gasteiger partial charge on any atom is 0.108 e. The van der Waals surface area contributed by atoms with E-state index in [1.165, 1.54) is 5.56 Å². The molecule has 0 bridgehead atoms. The van der Waals surface area contributed by atoms with Crippen molar-refractivity contribution in [3.05, 3.63) is 35.9 Å². The predicted molar refractivity (Wildman–Crippen MR) is 48.4 cm³/mol. The molecule has 0 aliphatic carbocycles. The van der Waals surface area contributed by atoms with Crippen LogP contribution in [0.5, 0.6) is 0 Å². The maximum absolute atomic E-state index is 5.69. The quantitative estimate of drug-likeness (QED) is 0.610. The molecule has 2 heterocycles. The van der Waals surface area contributed by atoms with Gasteiger partial charge in [0.05, 0.1) is 18.8 Å². The van der Waals surface area contributed by atoms with Crippen molar-refractivity contribution in [2.45, 2.75) is 24.7 Å². The summed E-state index contributed by atoms with van der Waals surface area (Å²) in [5.74, 6) is 0. The molecule has 1 aromatic carbocycles. The Morgan fingerprint density at radius 3 is 2.69 bits per heavy atom. The van der Waals surface area contributed by atoms with Gasteiger partial charge in [0.25, 0.3) is 0 Å². The number of ether oxygens (including phenoxy) is 2. The van der Waals surface area contributed by atoms with E-state index in [2.05, 4.69) is 24.3 Å². The Kier molecular flexibility index (Phi) is 1.64. The fourth-order valence-corrected chi connectivity index (χ4v) is 1.92. The van der Waals surface area contributed by atoms with Gasteiger partial charge in [0.1, 0.15) is 6.10 Å². The molecule has 1 aromatic rings. The summed E-state index contributed by atoms with van der Waals surface area (Å²) in [6.07, 6.45) is 2.15. The molecule has 13 heavy (non-hydrogen) atoms. The van der Waals surface area contributed by atoms with Crippen molar-refractivity contribution in [2.24, 2.45) is 0 Å². The molecular formula is C11H12O2. The molecule has 2 aliphatic rings. The SMILES string of the molecule is c1ccc([C@H]2C[C@@H]3O[C@@H]3CO2)cc1. The standard InChI is InChI=1S/C11H12O2/c1-2-4-8(5-3-1)9-6-10-11(13-10)7-12-9/h1-5,9-11H,6-7H2/t9-,10+,11-/m1/s1. The molecule has 0 spiro atoms. The molecule has 2 heteroatoms. The van der Waals surface area contributed by atoms with E-state index in [0.717, 1.165) is 13.0 Å². The Bertz CT molecular complexity index is 296. The summed E-state index contributed by atoms with van der Waals surface area (Å²) in [7, 11) is 0. The van der Waals surface area contributed by atoms with Crippen LogP contribution in [0.2, 0.25) is 0 Å². The van der Waals surface area contributed by atoms with Crippen LogP contribution in [0, 0.1) is 0 Å². The Hall–Kier alpha value is -0.860. The average Bonchev–Trinajstić information content (AvgIpc) is 2.96. The lowest BCUT2D eigenvalue weighted by molar-refractivity contribution is 0.0289. The second-order valence-electron chi connectivity index (χ2n) is 3.68. The minimum absolute atomic E-state index is 0.255. The van der Waals surface area contributed by atoms with E-state index in [1.54, 1.807) is 0 Å². The van der Waals surface area contributed by atoms with Gasteiger partial charge in [0.2, 0.25) is 0 Å². The van der Waals surface area contributed by atoms with Crippen LogP contribution in [0.3, 0.4) is 0 Å². The molecule has 0 aromatic heterocycles. The Balaban J connectivity index is 1.78. The third-order valence-corrected chi connectivity index (χ3v) is 2.77. The lowest BCUT2D eigenvalue weighted by Crippen LogP contribution is -2.18. The second-order valence-corrected chi connectivity index (χ2v) is 3.68. The van der Waals surface area contributed by atoms with E-state index in [-0.39, 0.29) is 6.10 Å². The highest BCUT2D eigenvalue weighted by atomic mass is 16.6. The van der Waals surface area contributed by atoms with Crippen LogP contribution < -0.4 is 0 Å². The van der Waals surface area contributed by atoms with Gasteiger partial charge in [-0.2, -0.15) is 0 Å². The molecule has 2 aliphatic heterocycles. The zero-order valence-electron chi connectivity index (χ0n) is 7.35. The molecular weight excluding hydrogens is 164 g/mol. The van der Waals surface area contributed by atoms with Gasteiger partial charge in [-0.3, -0.25) is 0 Å². The first-order valence-corrected chi connectivity index (χ1v) is 4.75. The molecule has 2 nitrogen and oxygen atoms in total. The summed E-state index contributed by atoms with van der Waals surface area (Å²) in [6.45, 7) is 0.768. The third kappa shape index (κ3) is 1.36. The van der Waals surface area contributed by atoms with Crippen molar-refractivity contribution >= 4 is 0 Å². The summed E-state index contributed by atoms with van der Waals surface area (Å²) < 4.78 is 11.1. The summed E-state index contributed by atoms with van der Waals surface area (Å²) in [6, 6.07) is 10.4. The molecule has 2 fully saturated rings. The molecule has 3 atom stereocenters. The monoisotopic (exact) mass is 176 g/mol. The summed E-state index contributed by atoms with van der Waals surface area (Å²) in [5, 5.41) is 0. The molecule has 0 radical (unpaired) electrons. The number of benzene rings is 1. The number of epoxide rings is 1. The van der Waals surface area contributed by atoms with Crippen molar-refractivity contribution in [1.29, 1.82) is 0 Å². The van der Waals surface area contributed by atoms with Gasteiger partial charge in [-0.05, 0) is 5.56 Å². The van der Waals surface area contributed by atoms with Gasteiger partial charge in [-0.25, -0.2) is 0 Å². The first-order valence-electron chi connectivity index (χ1n) is 4.75. The fourth-order valence-electron chi connectivity index (χ4n) is 1.92. The Labute approximate surface area is 77.5 Å². The number of fused-ring (bicyclic) bond motifs is 1. The molecule has 0 amide bonds. The zero-order valence-corrected chi connectivity index (χ0v) is 7.35. The topological polar surface area (TPSA) is 21.8 Å². The predicted octanol–water partition coefficient (Wildman–Crippen LogP) is 1.92. The maximum atomic E-state index is 5.69. The van der Waals surface area contributed by atoms with Crippen molar-refractivity contribution < 1.29 is 9.47 Å². The number of hydrogen-bond donors (Lipinski definition) is 0. The van der Waals surface area contributed by atoms with Crippen LogP contribution in [0.15, 0.2) is 30.3 Å². The van der Waals surface area contributed by atoms with Crippen molar-refractivity contribution in [3.63, 3.8) is 0 Å². The lowest BCUT2D eigenvalue weighted by Gasteiger charge is -2.19. The summed E-state index contributed by atoms with van der Waals surface area (Å²) in [5.41, 5.74) is 1.27. The van der Waals surface area contributed by atoms with Crippen molar-refractivity contribution in [3.8, 4) is 0 Å². The van der Waals surface area contributed by atoms with Crippen LogP contribution >= 0.6 is 0 Å². The lowest BCUT2D eigenvalue weighted by atomic mass is 10.0. The molecule has 0 N–H and O–H groups in total. The van der Waals surface area contributed by atoms with E-state index >= 15 is 0 Å². The fraction of sp³-hybridized carbons (Fsp3) is 0.455. The Morgan fingerprint density at radius 1 is 1.08 bits per heavy atom. The molecule has 0 saturated carbocycles. The molecule has 0 unspecified atom stereocenters. The van der Waals surface area contributed by atoms with Crippen molar-refractivity contribution in [2.75, 3.05) is 6.61 Å². The van der Waals surface area contributed by atoms with E-state index in [0.29, 0.717) is 12.2 Å². The van der Waals surface area contributed by atoms with E-state index in [9.17, 15) is 0 Å². The van der Waals surface area contributed by atoms with Crippen LogP contribution in [0.1, 0.15) is 18.1 Å². The highest BCUT2D eigenvalue weighted by molar-refractivity contribution is 5.19. The largest absolute Gasteiger partial charge is 0.371 e. The molecule has 68 valence electrons. The van der Waals surface area contributed by atoms with E-state index < -0.39 is 0 Å². The Morgan fingerprint density at radius 2 is 1.92 bits per heavy atom. The van der Waals surface area contributed by atoms with Gasteiger partial charge in [-0.15, -0.1) is 0 Å². The highest BCUT2D eigenvalue weighted by Gasteiger charge is 2.45.